The summed E-state index contributed by atoms with van der Waals surface area (Å²) in [5.41, 5.74) is 7.62. The Hall–Kier alpha value is -3.02. The summed E-state index contributed by atoms with van der Waals surface area (Å²) in [4.78, 5) is 14.5. The van der Waals surface area contributed by atoms with Gasteiger partial charge in [-0.2, -0.15) is 10.4 Å². The first-order valence-corrected chi connectivity index (χ1v) is 12.6. The number of ether oxygens (including phenoxy) is 1. The van der Waals surface area contributed by atoms with Crippen LogP contribution in [0.1, 0.15) is 45.8 Å². The average Bonchev–Trinajstić information content (AvgIpc) is 3.33. The second-order valence-corrected chi connectivity index (χ2v) is 10.1. The maximum absolute atomic E-state index is 12.2. The maximum Gasteiger partial charge on any atom is 0.250 e. The molecule has 1 amide bonds. The van der Waals surface area contributed by atoms with Gasteiger partial charge in [-0.05, 0) is 75.4 Å². The molecular formula is C25H26N4O2S2. The predicted octanol–water partition coefficient (Wildman–Crippen LogP) is 5.16. The van der Waals surface area contributed by atoms with E-state index in [0.717, 1.165) is 57.4 Å². The third-order valence-corrected chi connectivity index (χ3v) is 8.05. The van der Waals surface area contributed by atoms with Gasteiger partial charge in [0.2, 0.25) is 5.91 Å². The predicted molar refractivity (Wildman–Crippen MR) is 134 cm³/mol. The van der Waals surface area contributed by atoms with E-state index in [1.165, 1.54) is 28.6 Å². The van der Waals surface area contributed by atoms with Gasteiger partial charge in [-0.15, -0.1) is 23.1 Å². The summed E-state index contributed by atoms with van der Waals surface area (Å²) in [6.07, 6.45) is 6.06. The van der Waals surface area contributed by atoms with Crippen LogP contribution in [-0.2, 0) is 17.6 Å². The van der Waals surface area contributed by atoms with Crippen molar-refractivity contribution in [2.45, 2.75) is 44.4 Å². The van der Waals surface area contributed by atoms with Gasteiger partial charge in [-0.3, -0.25) is 4.79 Å². The smallest absolute Gasteiger partial charge is 0.250 e. The van der Waals surface area contributed by atoms with Gasteiger partial charge < -0.3 is 9.30 Å². The number of thiophene rings is 1. The molecule has 0 bridgehead atoms. The number of carbonyl (C=O) groups is 1. The molecule has 0 spiro atoms. The fourth-order valence-electron chi connectivity index (χ4n) is 4.08. The zero-order valence-corrected chi connectivity index (χ0v) is 20.6. The van der Waals surface area contributed by atoms with E-state index in [1.54, 1.807) is 24.7 Å². The number of nitrogens with one attached hydrogen (secondary N) is 1. The minimum Gasteiger partial charge on any atom is -0.497 e. The van der Waals surface area contributed by atoms with Crippen molar-refractivity contribution in [3.63, 3.8) is 0 Å². The number of thioether (sulfide) groups is 1. The maximum atomic E-state index is 12.2. The van der Waals surface area contributed by atoms with Gasteiger partial charge in [0.1, 0.15) is 16.8 Å². The van der Waals surface area contributed by atoms with Crippen LogP contribution in [0.25, 0.3) is 5.00 Å². The Morgan fingerprint density at radius 1 is 1.30 bits per heavy atom. The molecular weight excluding hydrogens is 452 g/mol. The first-order chi connectivity index (χ1) is 16.0. The molecule has 8 heteroatoms. The average molecular weight is 479 g/mol. The Morgan fingerprint density at radius 3 is 2.79 bits per heavy atom. The van der Waals surface area contributed by atoms with Crippen LogP contribution in [0.15, 0.2) is 40.3 Å². The molecule has 1 N–H and O–H groups in total. The van der Waals surface area contributed by atoms with Crippen LogP contribution >= 0.6 is 23.1 Å². The number of benzene rings is 1. The Morgan fingerprint density at radius 2 is 2.06 bits per heavy atom. The lowest BCUT2D eigenvalue weighted by atomic mass is 9.96. The number of carbonyl (C=O) groups excluding carboxylic acids is 1. The standard InChI is InChI=1S/C25H26N4O2S2/c1-16-12-18(14-27-28-24(30)15-32-20-10-8-19(31-3)9-11-20)17(2)29(16)25-22(13-26)21-6-4-5-7-23(21)33-25/h8-12,14H,4-7,15H2,1-3H3,(H,28,30)/b27-14-. The third-order valence-electron chi connectivity index (χ3n) is 5.76. The van der Waals surface area contributed by atoms with Crippen LogP contribution in [0.3, 0.4) is 0 Å². The summed E-state index contributed by atoms with van der Waals surface area (Å²) in [7, 11) is 1.63. The molecule has 170 valence electrons. The summed E-state index contributed by atoms with van der Waals surface area (Å²) < 4.78 is 7.29. The summed E-state index contributed by atoms with van der Waals surface area (Å²) in [5.74, 6) is 0.892. The lowest BCUT2D eigenvalue weighted by Crippen LogP contribution is -2.19. The molecule has 3 aromatic rings. The number of rotatable bonds is 7. The molecule has 1 aromatic carbocycles. The first-order valence-electron chi connectivity index (χ1n) is 10.8. The Kier molecular flexibility index (Phi) is 7.21. The molecule has 33 heavy (non-hydrogen) atoms. The highest BCUT2D eigenvalue weighted by atomic mass is 32.2. The number of aryl methyl sites for hydroxylation is 2. The molecule has 0 radical (unpaired) electrons. The highest BCUT2D eigenvalue weighted by Gasteiger charge is 2.23. The molecule has 1 aliphatic rings. The topological polar surface area (TPSA) is 79.4 Å². The summed E-state index contributed by atoms with van der Waals surface area (Å²) >= 11 is 3.18. The Balaban J connectivity index is 1.43. The van der Waals surface area contributed by atoms with Crippen molar-refractivity contribution >= 4 is 35.2 Å². The highest BCUT2D eigenvalue weighted by Crippen LogP contribution is 2.38. The zero-order valence-electron chi connectivity index (χ0n) is 19.0. The molecule has 0 unspecified atom stereocenters. The molecule has 6 nitrogen and oxygen atoms in total. The van der Waals surface area contributed by atoms with Gasteiger partial charge in [0.05, 0.1) is 24.6 Å². The van der Waals surface area contributed by atoms with Gasteiger partial charge in [0.15, 0.2) is 0 Å². The zero-order chi connectivity index (χ0) is 23.4. The second-order valence-electron chi connectivity index (χ2n) is 7.92. The lowest BCUT2D eigenvalue weighted by molar-refractivity contribution is -0.118. The van der Waals surface area contributed by atoms with Crippen molar-refractivity contribution in [1.82, 2.24) is 9.99 Å². The normalized spacial score (nSPS) is 13.0. The van der Waals surface area contributed by atoms with Crippen LogP contribution in [-0.4, -0.2) is 29.6 Å². The summed E-state index contributed by atoms with van der Waals surface area (Å²) in [6.45, 7) is 4.06. The summed E-state index contributed by atoms with van der Waals surface area (Å²) in [6, 6.07) is 12.1. The molecule has 0 saturated heterocycles. The molecule has 2 heterocycles. The van der Waals surface area contributed by atoms with Gasteiger partial charge in [0.25, 0.3) is 0 Å². The van der Waals surface area contributed by atoms with Crippen LogP contribution in [0.5, 0.6) is 5.75 Å². The molecule has 0 saturated carbocycles. The molecule has 0 aliphatic heterocycles. The minimum absolute atomic E-state index is 0.168. The van der Waals surface area contributed by atoms with Crippen molar-refractivity contribution in [1.29, 1.82) is 5.26 Å². The van der Waals surface area contributed by atoms with Crippen molar-refractivity contribution < 1.29 is 9.53 Å². The number of fused-ring (bicyclic) bond motifs is 1. The number of aromatic nitrogens is 1. The summed E-state index contributed by atoms with van der Waals surface area (Å²) in [5, 5.41) is 15.0. The molecule has 1 aliphatic carbocycles. The van der Waals surface area contributed by atoms with Gasteiger partial charge in [-0.25, -0.2) is 5.43 Å². The largest absolute Gasteiger partial charge is 0.497 e. The van der Waals surface area contributed by atoms with Crippen molar-refractivity contribution in [3.05, 3.63) is 63.3 Å². The highest BCUT2D eigenvalue weighted by molar-refractivity contribution is 8.00. The molecule has 4 rings (SSSR count). The SMILES string of the molecule is COc1ccc(SCC(=O)N/N=C\c2cc(C)n(-c3sc4c(c3C#N)CCCC4)c2C)cc1. The fraction of sp³-hybridized carbons (Fsp3) is 0.320. The van der Waals surface area contributed by atoms with Crippen LogP contribution in [0.2, 0.25) is 0 Å². The number of amides is 1. The minimum atomic E-state index is -0.168. The van der Waals surface area contributed by atoms with E-state index in [9.17, 15) is 10.1 Å². The van der Waals surface area contributed by atoms with Crippen LogP contribution in [0, 0.1) is 25.2 Å². The van der Waals surface area contributed by atoms with E-state index in [0.29, 0.717) is 0 Å². The first kappa shape index (κ1) is 23.1. The second kappa shape index (κ2) is 10.3. The quantitative estimate of drug-likeness (QED) is 0.289. The van der Waals surface area contributed by atoms with E-state index in [2.05, 4.69) is 21.2 Å². The van der Waals surface area contributed by atoms with E-state index in [-0.39, 0.29) is 11.7 Å². The van der Waals surface area contributed by atoms with E-state index >= 15 is 0 Å². The number of methoxy groups -OCH3 is 1. The number of nitrogens with zero attached hydrogens (tertiary/aromatic N) is 3. The van der Waals surface area contributed by atoms with Crippen LogP contribution in [0.4, 0.5) is 0 Å². The molecule has 0 fully saturated rings. The Labute approximate surface area is 202 Å². The van der Waals surface area contributed by atoms with E-state index in [4.69, 9.17) is 4.74 Å². The van der Waals surface area contributed by atoms with Gasteiger partial charge in [-0.1, -0.05) is 0 Å². The van der Waals surface area contributed by atoms with Crippen molar-refractivity contribution in [3.8, 4) is 16.8 Å². The number of hydrogen-bond donors (Lipinski definition) is 1. The van der Waals surface area contributed by atoms with Crippen molar-refractivity contribution in [2.24, 2.45) is 5.10 Å². The van der Waals surface area contributed by atoms with E-state index < -0.39 is 0 Å². The van der Waals surface area contributed by atoms with Crippen molar-refractivity contribution in [2.75, 3.05) is 12.9 Å². The molecule has 0 atom stereocenters. The Bertz CT molecular complexity index is 1230. The monoisotopic (exact) mass is 478 g/mol. The van der Waals surface area contributed by atoms with Gasteiger partial charge >= 0.3 is 0 Å². The fourth-order valence-corrected chi connectivity index (χ4v) is 6.22. The number of hydrazone groups is 1. The number of hydrogen-bond acceptors (Lipinski definition) is 6. The van der Waals surface area contributed by atoms with Crippen LogP contribution < -0.4 is 10.2 Å². The van der Waals surface area contributed by atoms with E-state index in [1.807, 2.05) is 44.2 Å². The lowest BCUT2D eigenvalue weighted by Gasteiger charge is -2.10. The third kappa shape index (κ3) is 5.00. The number of nitriles is 1. The molecule has 2 aromatic heterocycles. The van der Waals surface area contributed by atoms with Gasteiger partial charge in [0, 0.05) is 26.7 Å².